The molecule has 0 atom stereocenters. The predicted octanol–water partition coefficient (Wildman–Crippen LogP) is 4.08. The molecule has 0 N–H and O–H groups in total. The standard InChI is InChI=1S/C14H22BrNO/c1-5-8-16(11(2)3)10-12-6-7-14(17-4)13(15)9-12/h6-7,9,11H,5,8,10H2,1-4H3. The number of methoxy groups -OCH3 is 1. The summed E-state index contributed by atoms with van der Waals surface area (Å²) in [6, 6.07) is 6.87. The number of rotatable bonds is 6. The van der Waals surface area contributed by atoms with E-state index < -0.39 is 0 Å². The molecular formula is C14H22BrNO. The van der Waals surface area contributed by atoms with E-state index in [0.29, 0.717) is 6.04 Å². The smallest absolute Gasteiger partial charge is 0.133 e. The minimum absolute atomic E-state index is 0.579. The molecule has 0 aromatic heterocycles. The molecule has 0 fully saturated rings. The summed E-state index contributed by atoms with van der Waals surface area (Å²) >= 11 is 3.53. The molecule has 2 nitrogen and oxygen atoms in total. The second-order valence-corrected chi connectivity index (χ2v) is 5.39. The summed E-state index contributed by atoms with van der Waals surface area (Å²) in [4.78, 5) is 2.48. The van der Waals surface area contributed by atoms with Crippen LogP contribution in [0.5, 0.6) is 5.75 Å². The molecule has 0 unspecified atom stereocenters. The maximum Gasteiger partial charge on any atom is 0.133 e. The van der Waals surface area contributed by atoms with Crippen molar-refractivity contribution in [3.63, 3.8) is 0 Å². The molecule has 0 aliphatic heterocycles. The van der Waals surface area contributed by atoms with Gasteiger partial charge in [-0.2, -0.15) is 0 Å². The van der Waals surface area contributed by atoms with Gasteiger partial charge in [0, 0.05) is 12.6 Å². The first-order valence-corrected chi connectivity index (χ1v) is 6.94. The summed E-state index contributed by atoms with van der Waals surface area (Å²) < 4.78 is 6.27. The molecule has 0 aliphatic rings. The summed E-state index contributed by atoms with van der Waals surface area (Å²) in [6.07, 6.45) is 1.19. The predicted molar refractivity (Wildman–Crippen MR) is 76.5 cm³/mol. The van der Waals surface area contributed by atoms with Gasteiger partial charge in [-0.1, -0.05) is 13.0 Å². The molecule has 0 aliphatic carbocycles. The number of hydrogen-bond acceptors (Lipinski definition) is 2. The van der Waals surface area contributed by atoms with E-state index in [9.17, 15) is 0 Å². The first-order chi connectivity index (χ1) is 8.08. The normalized spacial score (nSPS) is 11.2. The third-order valence-electron chi connectivity index (χ3n) is 2.84. The monoisotopic (exact) mass is 299 g/mol. The maximum absolute atomic E-state index is 5.24. The SMILES string of the molecule is CCCN(Cc1ccc(OC)c(Br)c1)C(C)C. The highest BCUT2D eigenvalue weighted by Crippen LogP contribution is 2.26. The third-order valence-corrected chi connectivity index (χ3v) is 3.46. The van der Waals surface area contributed by atoms with Crippen LogP contribution in [0, 0.1) is 0 Å². The molecule has 1 aromatic rings. The summed E-state index contributed by atoms with van der Waals surface area (Å²) in [6.45, 7) is 8.84. The number of benzene rings is 1. The van der Waals surface area contributed by atoms with Crippen molar-refractivity contribution in [1.29, 1.82) is 0 Å². The van der Waals surface area contributed by atoms with Crippen LogP contribution in [-0.4, -0.2) is 24.6 Å². The lowest BCUT2D eigenvalue weighted by atomic mass is 10.1. The Labute approximate surface area is 113 Å². The Balaban J connectivity index is 2.76. The van der Waals surface area contributed by atoms with E-state index >= 15 is 0 Å². The number of halogens is 1. The molecule has 0 heterocycles. The van der Waals surface area contributed by atoms with Crippen LogP contribution in [-0.2, 0) is 6.54 Å². The molecule has 0 radical (unpaired) electrons. The van der Waals surface area contributed by atoms with Gasteiger partial charge < -0.3 is 4.74 Å². The maximum atomic E-state index is 5.24. The van der Waals surface area contributed by atoms with Gasteiger partial charge in [-0.3, -0.25) is 4.90 Å². The van der Waals surface area contributed by atoms with Gasteiger partial charge in [-0.15, -0.1) is 0 Å². The van der Waals surface area contributed by atoms with E-state index in [2.05, 4.69) is 53.7 Å². The topological polar surface area (TPSA) is 12.5 Å². The number of nitrogens with zero attached hydrogens (tertiary/aromatic N) is 1. The Morgan fingerprint density at radius 2 is 2.06 bits per heavy atom. The van der Waals surface area contributed by atoms with Gasteiger partial charge in [0.15, 0.2) is 0 Å². The average Bonchev–Trinajstić information content (AvgIpc) is 2.28. The van der Waals surface area contributed by atoms with Crippen LogP contribution in [0.25, 0.3) is 0 Å². The Bertz CT molecular complexity index is 352. The molecule has 0 spiro atoms. The van der Waals surface area contributed by atoms with Gasteiger partial charge >= 0.3 is 0 Å². The number of hydrogen-bond donors (Lipinski definition) is 0. The van der Waals surface area contributed by atoms with Crippen LogP contribution in [0.1, 0.15) is 32.8 Å². The zero-order chi connectivity index (χ0) is 12.8. The van der Waals surface area contributed by atoms with Crippen molar-refractivity contribution in [2.75, 3.05) is 13.7 Å². The molecule has 0 saturated heterocycles. The first kappa shape index (κ1) is 14.5. The van der Waals surface area contributed by atoms with Crippen molar-refractivity contribution in [1.82, 2.24) is 4.90 Å². The highest BCUT2D eigenvalue weighted by molar-refractivity contribution is 9.10. The zero-order valence-electron chi connectivity index (χ0n) is 11.2. The van der Waals surface area contributed by atoms with Crippen molar-refractivity contribution in [3.05, 3.63) is 28.2 Å². The number of ether oxygens (including phenoxy) is 1. The van der Waals surface area contributed by atoms with Crippen LogP contribution < -0.4 is 4.74 Å². The molecule has 3 heteroatoms. The van der Waals surface area contributed by atoms with E-state index in [1.54, 1.807) is 7.11 Å². The van der Waals surface area contributed by atoms with Gasteiger partial charge in [0.1, 0.15) is 5.75 Å². The molecular weight excluding hydrogens is 278 g/mol. The van der Waals surface area contributed by atoms with Gasteiger partial charge in [0.2, 0.25) is 0 Å². The van der Waals surface area contributed by atoms with Crippen LogP contribution in [0.15, 0.2) is 22.7 Å². The molecule has 17 heavy (non-hydrogen) atoms. The third kappa shape index (κ3) is 4.32. The Kier molecular flexibility index (Phi) is 6.00. The highest BCUT2D eigenvalue weighted by atomic mass is 79.9. The fourth-order valence-corrected chi connectivity index (χ4v) is 2.44. The first-order valence-electron chi connectivity index (χ1n) is 6.15. The van der Waals surface area contributed by atoms with Crippen LogP contribution in [0.2, 0.25) is 0 Å². The lowest BCUT2D eigenvalue weighted by molar-refractivity contribution is 0.213. The van der Waals surface area contributed by atoms with E-state index in [4.69, 9.17) is 4.74 Å². The van der Waals surface area contributed by atoms with E-state index in [1.165, 1.54) is 12.0 Å². The fourth-order valence-electron chi connectivity index (χ4n) is 1.85. The van der Waals surface area contributed by atoms with Crippen LogP contribution in [0.3, 0.4) is 0 Å². The molecule has 0 bridgehead atoms. The van der Waals surface area contributed by atoms with Gasteiger partial charge in [0.25, 0.3) is 0 Å². The Morgan fingerprint density at radius 3 is 2.53 bits per heavy atom. The minimum atomic E-state index is 0.579. The average molecular weight is 300 g/mol. The molecule has 96 valence electrons. The minimum Gasteiger partial charge on any atom is -0.496 e. The lowest BCUT2D eigenvalue weighted by Gasteiger charge is -2.26. The summed E-state index contributed by atoms with van der Waals surface area (Å²) in [5.41, 5.74) is 1.32. The second-order valence-electron chi connectivity index (χ2n) is 4.53. The molecule has 0 amide bonds. The van der Waals surface area contributed by atoms with Crippen LogP contribution in [0.4, 0.5) is 0 Å². The molecule has 0 saturated carbocycles. The lowest BCUT2D eigenvalue weighted by Crippen LogP contribution is -2.30. The van der Waals surface area contributed by atoms with Crippen molar-refractivity contribution in [2.24, 2.45) is 0 Å². The summed E-state index contributed by atoms with van der Waals surface area (Å²) in [5.74, 6) is 0.889. The van der Waals surface area contributed by atoms with E-state index in [-0.39, 0.29) is 0 Å². The second kappa shape index (κ2) is 7.02. The van der Waals surface area contributed by atoms with Crippen molar-refractivity contribution in [2.45, 2.75) is 39.8 Å². The van der Waals surface area contributed by atoms with Crippen LogP contribution >= 0.6 is 15.9 Å². The summed E-state index contributed by atoms with van der Waals surface area (Å²) in [7, 11) is 1.69. The largest absolute Gasteiger partial charge is 0.496 e. The van der Waals surface area contributed by atoms with Gasteiger partial charge in [0.05, 0.1) is 11.6 Å². The van der Waals surface area contributed by atoms with Gasteiger partial charge in [-0.05, 0) is 60.4 Å². The van der Waals surface area contributed by atoms with Gasteiger partial charge in [-0.25, -0.2) is 0 Å². The fraction of sp³-hybridized carbons (Fsp3) is 0.571. The van der Waals surface area contributed by atoms with E-state index in [0.717, 1.165) is 23.3 Å². The van der Waals surface area contributed by atoms with E-state index in [1.807, 2.05) is 6.07 Å². The quantitative estimate of drug-likeness (QED) is 0.785. The Morgan fingerprint density at radius 1 is 1.35 bits per heavy atom. The molecule has 1 aromatic carbocycles. The van der Waals surface area contributed by atoms with Crippen molar-refractivity contribution < 1.29 is 4.74 Å². The zero-order valence-corrected chi connectivity index (χ0v) is 12.8. The van der Waals surface area contributed by atoms with Crippen molar-refractivity contribution >= 4 is 15.9 Å². The summed E-state index contributed by atoms with van der Waals surface area (Å²) in [5, 5.41) is 0. The van der Waals surface area contributed by atoms with Crippen molar-refractivity contribution in [3.8, 4) is 5.75 Å². The Hall–Kier alpha value is -0.540. The highest BCUT2D eigenvalue weighted by Gasteiger charge is 2.10. The molecule has 1 rings (SSSR count).